The average Bonchev–Trinajstić information content (AvgIpc) is 2.81. The third-order valence-corrected chi connectivity index (χ3v) is 4.60. The molecule has 1 aromatic heterocycles. The van der Waals surface area contributed by atoms with Gasteiger partial charge in [0.1, 0.15) is 0 Å². The smallest absolute Gasteiger partial charge is 0.305 e. The van der Waals surface area contributed by atoms with Crippen molar-refractivity contribution in [2.45, 2.75) is 19.9 Å². The molecule has 3 nitrogen and oxygen atoms in total. The van der Waals surface area contributed by atoms with Crippen LogP contribution in [0.4, 0.5) is 5.69 Å². The normalized spacial score (nSPS) is 10.5. The molecule has 0 bridgehead atoms. The van der Waals surface area contributed by atoms with Gasteiger partial charge in [-0.15, -0.1) is 11.3 Å². The molecule has 0 aliphatic rings. The van der Waals surface area contributed by atoms with Gasteiger partial charge in [0.2, 0.25) is 0 Å². The lowest BCUT2D eigenvalue weighted by Crippen LogP contribution is -2.26. The van der Waals surface area contributed by atoms with Crippen molar-refractivity contribution in [3.63, 3.8) is 0 Å². The quantitative estimate of drug-likeness (QED) is 0.841. The van der Waals surface area contributed by atoms with E-state index in [0.29, 0.717) is 6.54 Å². The van der Waals surface area contributed by atoms with Crippen molar-refractivity contribution in [3.05, 3.63) is 50.6 Å². The number of aliphatic carboxylic acids is 1. The Labute approximate surface area is 131 Å². The van der Waals surface area contributed by atoms with Gasteiger partial charge in [-0.25, -0.2) is 0 Å². The molecule has 0 radical (unpaired) electrons. The number of aryl methyl sites for hydroxylation is 1. The van der Waals surface area contributed by atoms with Gasteiger partial charge in [0, 0.05) is 18.8 Å². The van der Waals surface area contributed by atoms with Crippen LogP contribution in [0.5, 0.6) is 0 Å². The Hall–Kier alpha value is -1.33. The Kier molecular flexibility index (Phi) is 5.20. The molecule has 1 aromatic carbocycles. The number of para-hydroxylation sites is 1. The zero-order chi connectivity index (χ0) is 14.5. The number of hydrogen-bond acceptors (Lipinski definition) is 3. The molecule has 2 rings (SSSR count). The number of rotatable bonds is 6. The zero-order valence-corrected chi connectivity index (χ0v) is 13.6. The molecule has 0 fully saturated rings. The summed E-state index contributed by atoms with van der Waals surface area (Å²) in [4.78, 5) is 13.0. The highest BCUT2D eigenvalue weighted by atomic mass is 79.9. The third-order valence-electron chi connectivity index (χ3n) is 3.05. The molecule has 0 amide bonds. The van der Waals surface area contributed by atoms with Gasteiger partial charge < -0.3 is 10.0 Å². The molecule has 0 unspecified atom stereocenters. The van der Waals surface area contributed by atoms with Gasteiger partial charge in [-0.2, -0.15) is 0 Å². The summed E-state index contributed by atoms with van der Waals surface area (Å²) in [6, 6.07) is 10.1. The minimum atomic E-state index is -0.768. The predicted molar refractivity (Wildman–Crippen MR) is 86.5 cm³/mol. The minimum absolute atomic E-state index is 0.139. The summed E-state index contributed by atoms with van der Waals surface area (Å²) in [7, 11) is 0. The number of halogens is 1. The van der Waals surface area contributed by atoms with Crippen molar-refractivity contribution < 1.29 is 9.90 Å². The number of benzene rings is 1. The van der Waals surface area contributed by atoms with E-state index in [1.165, 1.54) is 5.56 Å². The first-order valence-corrected chi connectivity index (χ1v) is 7.99. The largest absolute Gasteiger partial charge is 0.481 e. The number of nitrogens with zero attached hydrogens (tertiary/aromatic N) is 1. The van der Waals surface area contributed by atoms with Crippen LogP contribution in [0.25, 0.3) is 0 Å². The van der Waals surface area contributed by atoms with Crippen molar-refractivity contribution in [1.29, 1.82) is 0 Å². The van der Waals surface area contributed by atoms with Gasteiger partial charge in [-0.1, -0.05) is 18.2 Å². The van der Waals surface area contributed by atoms with Crippen molar-refractivity contribution >= 4 is 38.9 Å². The lowest BCUT2D eigenvalue weighted by molar-refractivity contribution is -0.136. The molecule has 0 saturated carbocycles. The Bertz CT molecular complexity index is 597. The summed E-state index contributed by atoms with van der Waals surface area (Å²) in [5, 5.41) is 11.0. The van der Waals surface area contributed by atoms with E-state index >= 15 is 0 Å². The van der Waals surface area contributed by atoms with E-state index in [0.717, 1.165) is 21.6 Å². The fourth-order valence-electron chi connectivity index (χ4n) is 2.08. The fraction of sp³-hybridized carbons (Fsp3) is 0.267. The van der Waals surface area contributed by atoms with Crippen LogP contribution >= 0.6 is 27.3 Å². The highest BCUT2D eigenvalue weighted by molar-refractivity contribution is 9.11. The summed E-state index contributed by atoms with van der Waals surface area (Å²) in [6.07, 6.45) is 0.139. The lowest BCUT2D eigenvalue weighted by atomic mass is 10.1. The number of thiophene rings is 1. The maximum Gasteiger partial charge on any atom is 0.305 e. The van der Waals surface area contributed by atoms with Crippen LogP contribution in [-0.2, 0) is 11.3 Å². The number of carboxylic acid groups (broad SMARTS) is 1. The molecule has 1 heterocycles. The number of anilines is 1. The monoisotopic (exact) mass is 353 g/mol. The van der Waals surface area contributed by atoms with Crippen molar-refractivity contribution in [2.24, 2.45) is 0 Å². The van der Waals surface area contributed by atoms with Gasteiger partial charge >= 0.3 is 5.97 Å². The fourth-order valence-corrected chi connectivity index (χ4v) is 3.28. The second-order valence-corrected chi connectivity index (χ2v) is 6.90. The summed E-state index contributed by atoms with van der Waals surface area (Å²) >= 11 is 5.10. The minimum Gasteiger partial charge on any atom is -0.481 e. The maximum absolute atomic E-state index is 10.8. The van der Waals surface area contributed by atoms with Crippen LogP contribution < -0.4 is 4.90 Å². The molecule has 2 aromatic rings. The summed E-state index contributed by atoms with van der Waals surface area (Å²) in [5.41, 5.74) is 3.44. The molecule has 0 spiro atoms. The van der Waals surface area contributed by atoms with E-state index in [1.807, 2.05) is 31.2 Å². The highest BCUT2D eigenvalue weighted by Crippen LogP contribution is 2.26. The molecule has 106 valence electrons. The van der Waals surface area contributed by atoms with Gasteiger partial charge in [-0.3, -0.25) is 4.79 Å². The van der Waals surface area contributed by atoms with Crippen LogP contribution in [-0.4, -0.2) is 17.6 Å². The topological polar surface area (TPSA) is 40.5 Å². The second-order valence-electron chi connectivity index (χ2n) is 4.61. The first kappa shape index (κ1) is 15.1. The Morgan fingerprint density at radius 3 is 2.75 bits per heavy atom. The summed E-state index contributed by atoms with van der Waals surface area (Å²) < 4.78 is 1.09. The van der Waals surface area contributed by atoms with Crippen LogP contribution in [0.1, 0.15) is 17.5 Å². The number of carbonyl (C=O) groups is 1. The van der Waals surface area contributed by atoms with Crippen LogP contribution in [0.15, 0.2) is 39.5 Å². The van der Waals surface area contributed by atoms with E-state index in [-0.39, 0.29) is 6.42 Å². The van der Waals surface area contributed by atoms with Crippen LogP contribution in [0.3, 0.4) is 0 Å². The summed E-state index contributed by atoms with van der Waals surface area (Å²) in [6.45, 7) is 3.28. The van der Waals surface area contributed by atoms with E-state index in [2.05, 4.69) is 32.3 Å². The van der Waals surface area contributed by atoms with Crippen molar-refractivity contribution in [2.75, 3.05) is 11.4 Å². The first-order chi connectivity index (χ1) is 9.56. The second kappa shape index (κ2) is 6.90. The van der Waals surface area contributed by atoms with Gasteiger partial charge in [0.15, 0.2) is 0 Å². The van der Waals surface area contributed by atoms with Crippen LogP contribution in [0.2, 0.25) is 0 Å². The molecule has 5 heteroatoms. The lowest BCUT2D eigenvalue weighted by Gasteiger charge is -2.25. The van der Waals surface area contributed by atoms with Gasteiger partial charge in [0.05, 0.1) is 10.2 Å². The predicted octanol–water partition coefficient (Wildman–Crippen LogP) is 4.30. The number of carboxylic acids is 1. The Balaban J connectivity index is 2.20. The standard InChI is InChI=1S/C15H16BrNO2S/c1-11-4-2-3-5-13(11)17(7-6-15(18)19)9-12-8-14(16)20-10-12/h2-5,8,10H,6-7,9H2,1H3,(H,18,19). The molecule has 0 aliphatic heterocycles. The highest BCUT2D eigenvalue weighted by Gasteiger charge is 2.12. The maximum atomic E-state index is 10.8. The average molecular weight is 354 g/mol. The molecular weight excluding hydrogens is 338 g/mol. The molecule has 0 aliphatic carbocycles. The Morgan fingerprint density at radius 1 is 1.40 bits per heavy atom. The molecule has 20 heavy (non-hydrogen) atoms. The van der Waals surface area contributed by atoms with Crippen LogP contribution in [0, 0.1) is 6.92 Å². The van der Waals surface area contributed by atoms with E-state index < -0.39 is 5.97 Å². The molecule has 1 N–H and O–H groups in total. The third kappa shape index (κ3) is 4.08. The van der Waals surface area contributed by atoms with Crippen molar-refractivity contribution in [3.8, 4) is 0 Å². The van der Waals surface area contributed by atoms with E-state index in [1.54, 1.807) is 11.3 Å². The van der Waals surface area contributed by atoms with Gasteiger partial charge in [-0.05, 0) is 51.5 Å². The summed E-state index contributed by atoms with van der Waals surface area (Å²) in [5.74, 6) is -0.768. The van der Waals surface area contributed by atoms with Gasteiger partial charge in [0.25, 0.3) is 0 Å². The van der Waals surface area contributed by atoms with E-state index in [4.69, 9.17) is 5.11 Å². The molecule has 0 atom stereocenters. The SMILES string of the molecule is Cc1ccccc1N(CCC(=O)O)Cc1csc(Br)c1. The molecular formula is C15H16BrNO2S. The van der Waals surface area contributed by atoms with Crippen molar-refractivity contribution in [1.82, 2.24) is 0 Å². The zero-order valence-electron chi connectivity index (χ0n) is 11.2. The molecule has 0 saturated heterocycles. The Morgan fingerprint density at radius 2 is 2.15 bits per heavy atom. The van der Waals surface area contributed by atoms with E-state index in [9.17, 15) is 4.79 Å². The first-order valence-electron chi connectivity index (χ1n) is 6.31. The number of hydrogen-bond donors (Lipinski definition) is 1.